The van der Waals surface area contributed by atoms with Crippen LogP contribution in [-0.2, 0) is 60.0 Å². The molecule has 0 aliphatic heterocycles. The topological polar surface area (TPSA) is 160 Å². The van der Waals surface area contributed by atoms with E-state index in [1.165, 1.54) is 0 Å². The number of carbonyl (C=O) groups excluding carboxylic acids is 1. The van der Waals surface area contributed by atoms with Crippen molar-refractivity contribution in [2.24, 2.45) is 0 Å². The number of amides is 1. The number of nitrogens with one attached hydrogen (secondary N) is 1. The SMILES string of the molecule is COCCOCCOCCOCCOCCOCCOCCOCCOCCOCCOCCOCCNC(=O)c1ccc([C](O)([Pb])c2ccccc2)cc1. The second-order valence-electron chi connectivity index (χ2n) is 11.6. The van der Waals surface area contributed by atoms with E-state index >= 15 is 0 Å². The molecule has 3 radical (unpaired) electrons. The standard InChI is InChI=1S/C39H62NO14.Pb/c1-43-13-14-45-17-18-47-21-22-49-25-26-51-29-30-53-33-34-54-32-31-52-28-27-50-24-23-48-20-19-46-16-15-44-12-11-40-39(42)37-9-7-36(8-10-37)38(41)35-5-3-2-4-6-35;/h2-10,41H,11-34H2,1H3,(H,40,42);. The van der Waals surface area contributed by atoms with Crippen molar-refractivity contribution in [3.05, 3.63) is 71.3 Å². The fraction of sp³-hybridized carbons (Fsp3) is 0.667. The number of methoxy groups -OCH3 is 1. The number of aliphatic hydroxyl groups is 1. The second-order valence-corrected chi connectivity index (χ2v) is 14.5. The van der Waals surface area contributed by atoms with Crippen molar-refractivity contribution in [3.63, 3.8) is 0 Å². The van der Waals surface area contributed by atoms with Gasteiger partial charge in [0.1, 0.15) is 0 Å². The summed E-state index contributed by atoms with van der Waals surface area (Å²) in [6.45, 7) is 11.8. The van der Waals surface area contributed by atoms with E-state index in [0.29, 0.717) is 190 Å². The molecule has 0 spiro atoms. The quantitative estimate of drug-likeness (QED) is 0.0736. The molecule has 0 heterocycles. The van der Waals surface area contributed by atoms with Crippen molar-refractivity contribution in [3.8, 4) is 0 Å². The minimum absolute atomic E-state index is 0.188. The van der Waals surface area contributed by atoms with E-state index in [4.69, 9.17) is 56.8 Å². The fourth-order valence-corrected chi connectivity index (χ4v) is 5.79. The van der Waals surface area contributed by atoms with E-state index in [9.17, 15) is 9.90 Å². The molecule has 1 amide bonds. The molecular weight excluding hydrogens is 914 g/mol. The van der Waals surface area contributed by atoms with Gasteiger partial charge in [-0.15, -0.1) is 0 Å². The van der Waals surface area contributed by atoms with Crippen LogP contribution in [0.1, 0.15) is 21.5 Å². The third-order valence-corrected chi connectivity index (χ3v) is 9.68. The van der Waals surface area contributed by atoms with Crippen LogP contribution >= 0.6 is 0 Å². The summed E-state index contributed by atoms with van der Waals surface area (Å²) in [4.78, 5) is 12.5. The molecule has 55 heavy (non-hydrogen) atoms. The Bertz CT molecular complexity index is 1150. The molecule has 16 heteroatoms. The van der Waals surface area contributed by atoms with Crippen LogP contribution in [0.2, 0.25) is 0 Å². The number of benzene rings is 2. The Morgan fingerprint density at radius 2 is 0.764 bits per heavy atom. The number of hydrogen-bond acceptors (Lipinski definition) is 14. The number of rotatable bonds is 39. The number of ether oxygens (including phenoxy) is 12. The second kappa shape index (κ2) is 35.5. The summed E-state index contributed by atoms with van der Waals surface area (Å²) in [5.41, 5.74) is 2.15. The maximum absolute atomic E-state index is 12.5. The molecule has 2 aromatic rings. The molecule has 0 bridgehead atoms. The molecule has 15 nitrogen and oxygen atoms in total. The van der Waals surface area contributed by atoms with Gasteiger partial charge in [0.25, 0.3) is 0 Å². The molecular formula is C39H62NO14Pb. The molecule has 0 saturated heterocycles. The Morgan fingerprint density at radius 1 is 0.473 bits per heavy atom. The average molecular weight is 976 g/mol. The van der Waals surface area contributed by atoms with Crippen molar-refractivity contribution >= 4 is 31.7 Å². The fourth-order valence-electron chi connectivity index (χ4n) is 4.49. The Balaban J connectivity index is 1.22. The van der Waals surface area contributed by atoms with Crippen LogP contribution in [-0.4, -0.2) is 202 Å². The van der Waals surface area contributed by atoms with Crippen LogP contribution in [0.5, 0.6) is 0 Å². The molecule has 0 saturated carbocycles. The first-order chi connectivity index (χ1) is 27.1. The zero-order valence-corrected chi connectivity index (χ0v) is 36.3. The van der Waals surface area contributed by atoms with E-state index < -0.39 is 3.16 Å². The van der Waals surface area contributed by atoms with Gasteiger partial charge >= 0.3 is 152 Å². The summed E-state index contributed by atoms with van der Waals surface area (Å²) in [6.07, 6.45) is 0. The molecule has 0 aliphatic rings. The first kappa shape index (κ1) is 49.5. The Labute approximate surface area is 342 Å². The molecule has 311 valence electrons. The van der Waals surface area contributed by atoms with E-state index in [2.05, 4.69) is 5.32 Å². The zero-order chi connectivity index (χ0) is 39.3. The van der Waals surface area contributed by atoms with Crippen molar-refractivity contribution in [1.29, 1.82) is 0 Å². The monoisotopic (exact) mass is 976 g/mol. The third kappa shape index (κ3) is 26.8. The minimum atomic E-state index is -1.01. The summed E-state index contributed by atoms with van der Waals surface area (Å²) in [5, 5.41) is 13.9. The van der Waals surface area contributed by atoms with Crippen molar-refractivity contribution in [2.45, 2.75) is 3.16 Å². The van der Waals surface area contributed by atoms with Crippen LogP contribution in [0.15, 0.2) is 54.6 Å². The van der Waals surface area contributed by atoms with E-state index in [-0.39, 0.29) is 5.91 Å². The van der Waals surface area contributed by atoms with Crippen molar-refractivity contribution in [1.82, 2.24) is 5.32 Å². The first-order valence-electron chi connectivity index (χ1n) is 18.8. The summed E-state index contributed by atoms with van der Waals surface area (Å²) >= 11 is 0.520. The van der Waals surface area contributed by atoms with Gasteiger partial charge in [-0.05, 0) is 0 Å². The summed E-state index contributed by atoms with van der Waals surface area (Å²) < 4.78 is 64.0. The molecule has 1 atom stereocenters. The van der Waals surface area contributed by atoms with Gasteiger partial charge < -0.3 is 52.1 Å². The average Bonchev–Trinajstić information content (AvgIpc) is 3.21. The molecule has 0 aromatic heterocycles. The molecule has 2 rings (SSSR count). The zero-order valence-electron chi connectivity index (χ0n) is 32.4. The van der Waals surface area contributed by atoms with Gasteiger partial charge in [-0.1, -0.05) is 0 Å². The predicted molar refractivity (Wildman–Crippen MR) is 205 cm³/mol. The predicted octanol–water partition coefficient (Wildman–Crippen LogP) is 1.61. The van der Waals surface area contributed by atoms with Crippen LogP contribution in [0.25, 0.3) is 0 Å². The normalized spacial score (nSPS) is 12.6. The summed E-state index contributed by atoms with van der Waals surface area (Å²) in [5.74, 6) is -0.188. The van der Waals surface area contributed by atoms with Crippen LogP contribution < -0.4 is 5.32 Å². The van der Waals surface area contributed by atoms with Crippen LogP contribution in [0.4, 0.5) is 0 Å². The Kier molecular flexibility index (Phi) is 31.9. The van der Waals surface area contributed by atoms with Gasteiger partial charge in [0, 0.05) is 7.11 Å². The Morgan fingerprint density at radius 3 is 1.09 bits per heavy atom. The van der Waals surface area contributed by atoms with Gasteiger partial charge in [-0.3, -0.25) is 0 Å². The van der Waals surface area contributed by atoms with E-state index in [1.54, 1.807) is 31.4 Å². The molecule has 2 aromatic carbocycles. The van der Waals surface area contributed by atoms with Gasteiger partial charge in [0.2, 0.25) is 0 Å². The molecule has 1 unspecified atom stereocenters. The summed E-state index contributed by atoms with van der Waals surface area (Å²) in [6, 6.07) is 16.6. The van der Waals surface area contributed by atoms with Gasteiger partial charge in [0.15, 0.2) is 0 Å². The number of carbonyl (C=O) groups is 1. The number of hydrogen-bond donors (Lipinski definition) is 2. The molecule has 0 fully saturated rings. The third-order valence-electron chi connectivity index (χ3n) is 7.44. The van der Waals surface area contributed by atoms with Crippen LogP contribution in [0, 0.1) is 0 Å². The summed E-state index contributed by atoms with van der Waals surface area (Å²) in [7, 11) is 1.64. The van der Waals surface area contributed by atoms with Crippen molar-refractivity contribution in [2.75, 3.05) is 166 Å². The van der Waals surface area contributed by atoms with Gasteiger partial charge in [-0.2, -0.15) is 0 Å². The van der Waals surface area contributed by atoms with Gasteiger partial charge in [-0.25, -0.2) is 0 Å². The molecule has 0 aliphatic carbocycles. The van der Waals surface area contributed by atoms with Gasteiger partial charge in [0.05, 0.1) is 132 Å². The Hall–Kier alpha value is -1.69. The van der Waals surface area contributed by atoms with E-state index in [0.717, 1.165) is 11.1 Å². The molecule has 2 N–H and O–H groups in total. The van der Waals surface area contributed by atoms with Crippen LogP contribution in [0.3, 0.4) is 0 Å². The van der Waals surface area contributed by atoms with E-state index in [1.807, 2.05) is 30.3 Å². The maximum atomic E-state index is 12.5. The van der Waals surface area contributed by atoms with Crippen molar-refractivity contribution < 1.29 is 66.7 Å². The first-order valence-corrected chi connectivity index (χ1v) is 20.8.